The number of nitro benzene ring substituents is 1. The minimum Gasteiger partial charge on any atom is -0.347 e. The van der Waals surface area contributed by atoms with E-state index < -0.39 is 22.3 Å². The third-order valence-electron chi connectivity index (χ3n) is 3.78. The quantitative estimate of drug-likeness (QED) is 0.682. The van der Waals surface area contributed by atoms with Crippen LogP contribution in [0.4, 0.5) is 10.1 Å². The number of nitrogens with one attached hydrogen (secondary N) is 1. The van der Waals surface area contributed by atoms with Crippen LogP contribution in [0, 0.1) is 15.9 Å². The summed E-state index contributed by atoms with van der Waals surface area (Å²) in [5.41, 5.74) is -0.838. The van der Waals surface area contributed by atoms with E-state index in [0.717, 1.165) is 44.2 Å². The van der Waals surface area contributed by atoms with Gasteiger partial charge in [-0.25, -0.2) is 0 Å². The van der Waals surface area contributed by atoms with Crippen LogP contribution in [0.5, 0.6) is 0 Å². The van der Waals surface area contributed by atoms with Crippen molar-refractivity contribution in [1.29, 1.82) is 0 Å². The number of halogens is 1. The highest BCUT2D eigenvalue weighted by atomic mass is 19.1. The summed E-state index contributed by atoms with van der Waals surface area (Å²) in [5.74, 6) is -1.33. The van der Waals surface area contributed by atoms with Crippen LogP contribution in [-0.2, 0) is 0 Å². The van der Waals surface area contributed by atoms with Crippen LogP contribution in [0.3, 0.4) is 0 Å². The molecule has 0 bridgehead atoms. The van der Waals surface area contributed by atoms with E-state index in [0.29, 0.717) is 0 Å². The lowest BCUT2D eigenvalue weighted by molar-refractivity contribution is -0.387. The summed E-state index contributed by atoms with van der Waals surface area (Å²) in [6, 6.07) is 3.21. The molecule has 0 aromatic heterocycles. The zero-order valence-corrected chi connectivity index (χ0v) is 11.3. The highest BCUT2D eigenvalue weighted by Crippen LogP contribution is 2.28. The lowest BCUT2D eigenvalue weighted by Gasteiger charge is -2.34. The molecule has 0 heterocycles. The molecule has 1 amide bonds. The molecule has 1 N–H and O–H groups in total. The van der Waals surface area contributed by atoms with Crippen LogP contribution in [0.25, 0.3) is 0 Å². The molecule has 0 saturated heterocycles. The second-order valence-corrected chi connectivity index (χ2v) is 5.50. The zero-order valence-electron chi connectivity index (χ0n) is 11.3. The van der Waals surface area contributed by atoms with E-state index >= 15 is 0 Å². The van der Waals surface area contributed by atoms with Gasteiger partial charge in [0.15, 0.2) is 0 Å². The maximum absolute atomic E-state index is 13.2. The summed E-state index contributed by atoms with van der Waals surface area (Å²) >= 11 is 0. The summed E-state index contributed by atoms with van der Waals surface area (Å²) in [6.07, 6.45) is 5.05. The average Bonchev–Trinajstić information content (AvgIpc) is 2.39. The van der Waals surface area contributed by atoms with E-state index in [1.807, 2.05) is 6.92 Å². The molecule has 0 radical (unpaired) electrons. The largest absolute Gasteiger partial charge is 0.347 e. The first kappa shape index (κ1) is 14.4. The van der Waals surface area contributed by atoms with Crippen molar-refractivity contribution in [2.24, 2.45) is 0 Å². The van der Waals surface area contributed by atoms with Gasteiger partial charge in [0.25, 0.3) is 5.91 Å². The van der Waals surface area contributed by atoms with Crippen molar-refractivity contribution in [2.45, 2.75) is 44.6 Å². The summed E-state index contributed by atoms with van der Waals surface area (Å²) < 4.78 is 13.2. The van der Waals surface area contributed by atoms with Crippen molar-refractivity contribution in [1.82, 2.24) is 5.32 Å². The fraction of sp³-hybridized carbons (Fsp3) is 0.500. The zero-order chi connectivity index (χ0) is 14.8. The van der Waals surface area contributed by atoms with Gasteiger partial charge in [-0.1, -0.05) is 19.3 Å². The van der Waals surface area contributed by atoms with Crippen molar-refractivity contribution in [2.75, 3.05) is 0 Å². The minimum atomic E-state index is -0.935. The number of benzene rings is 1. The summed E-state index contributed by atoms with van der Waals surface area (Å²) in [4.78, 5) is 22.0. The Kier molecular flexibility index (Phi) is 4.01. The topological polar surface area (TPSA) is 72.2 Å². The van der Waals surface area contributed by atoms with Crippen LogP contribution in [0.1, 0.15) is 49.4 Å². The monoisotopic (exact) mass is 280 g/mol. The van der Waals surface area contributed by atoms with Crippen molar-refractivity contribution >= 4 is 11.6 Å². The smallest absolute Gasteiger partial charge is 0.305 e. The molecule has 2 rings (SSSR count). The third-order valence-corrected chi connectivity index (χ3v) is 3.78. The molecule has 0 unspecified atom stereocenters. The van der Waals surface area contributed by atoms with Gasteiger partial charge in [0.1, 0.15) is 0 Å². The van der Waals surface area contributed by atoms with Gasteiger partial charge in [0.05, 0.1) is 4.92 Å². The Morgan fingerprint density at radius 3 is 2.60 bits per heavy atom. The van der Waals surface area contributed by atoms with Crippen LogP contribution in [0.2, 0.25) is 0 Å². The number of hydrogen-bond acceptors (Lipinski definition) is 3. The highest BCUT2D eigenvalue weighted by Gasteiger charge is 2.29. The first-order valence-corrected chi connectivity index (χ1v) is 6.68. The van der Waals surface area contributed by atoms with Gasteiger partial charge in [-0.15, -0.1) is 0 Å². The molecule has 1 aromatic rings. The van der Waals surface area contributed by atoms with Gasteiger partial charge in [0.2, 0.25) is 5.82 Å². The molecule has 20 heavy (non-hydrogen) atoms. The van der Waals surface area contributed by atoms with Crippen molar-refractivity contribution in [3.8, 4) is 0 Å². The van der Waals surface area contributed by atoms with Gasteiger partial charge in [-0.3, -0.25) is 14.9 Å². The maximum Gasteiger partial charge on any atom is 0.305 e. The van der Waals surface area contributed by atoms with Crippen molar-refractivity contribution < 1.29 is 14.1 Å². The van der Waals surface area contributed by atoms with E-state index in [1.54, 1.807) is 0 Å². The molecule has 1 aliphatic rings. The molecule has 1 aliphatic carbocycles. The summed E-state index contributed by atoms with van der Waals surface area (Å²) in [7, 11) is 0. The fourth-order valence-electron chi connectivity index (χ4n) is 2.60. The lowest BCUT2D eigenvalue weighted by Crippen LogP contribution is -2.47. The Morgan fingerprint density at radius 2 is 2.00 bits per heavy atom. The van der Waals surface area contributed by atoms with E-state index in [1.165, 1.54) is 6.07 Å². The number of carbonyl (C=O) groups excluding carboxylic acids is 1. The second-order valence-electron chi connectivity index (χ2n) is 5.50. The Bertz CT molecular complexity index is 539. The first-order valence-electron chi connectivity index (χ1n) is 6.68. The van der Waals surface area contributed by atoms with Crippen molar-refractivity contribution in [3.63, 3.8) is 0 Å². The van der Waals surface area contributed by atoms with E-state index in [-0.39, 0.29) is 11.1 Å². The molecule has 108 valence electrons. The number of carbonyl (C=O) groups is 1. The SMILES string of the molecule is CC1(NC(=O)c2ccc(F)c([N+](=O)[O-])c2)CCCCC1. The second kappa shape index (κ2) is 5.56. The predicted molar refractivity (Wildman–Crippen MR) is 72.0 cm³/mol. The number of rotatable bonds is 3. The van der Waals surface area contributed by atoms with Gasteiger partial charge in [-0.2, -0.15) is 4.39 Å². The maximum atomic E-state index is 13.2. The number of hydrogen-bond donors (Lipinski definition) is 1. The Balaban J connectivity index is 2.17. The van der Waals surface area contributed by atoms with E-state index in [2.05, 4.69) is 5.32 Å². The van der Waals surface area contributed by atoms with Gasteiger partial charge < -0.3 is 5.32 Å². The summed E-state index contributed by atoms with van der Waals surface area (Å²) in [6.45, 7) is 1.97. The van der Waals surface area contributed by atoms with E-state index in [9.17, 15) is 19.3 Å². The fourth-order valence-corrected chi connectivity index (χ4v) is 2.60. The van der Waals surface area contributed by atoms with Crippen LogP contribution in [-0.4, -0.2) is 16.4 Å². The molecule has 1 fully saturated rings. The molecule has 1 saturated carbocycles. The van der Waals surface area contributed by atoms with Crippen LogP contribution in [0.15, 0.2) is 18.2 Å². The molecule has 0 spiro atoms. The Hall–Kier alpha value is -1.98. The van der Waals surface area contributed by atoms with Gasteiger partial charge in [0, 0.05) is 17.2 Å². The van der Waals surface area contributed by atoms with Gasteiger partial charge in [-0.05, 0) is 31.9 Å². The Morgan fingerprint density at radius 1 is 1.35 bits per heavy atom. The molecule has 0 aliphatic heterocycles. The van der Waals surface area contributed by atoms with Crippen LogP contribution < -0.4 is 5.32 Å². The molecule has 0 atom stereocenters. The normalized spacial score (nSPS) is 17.5. The third kappa shape index (κ3) is 3.12. The number of nitrogens with zero attached hydrogens (tertiary/aromatic N) is 1. The highest BCUT2D eigenvalue weighted by molar-refractivity contribution is 5.95. The molecule has 5 nitrogen and oxygen atoms in total. The van der Waals surface area contributed by atoms with E-state index in [4.69, 9.17) is 0 Å². The summed E-state index contributed by atoms with van der Waals surface area (Å²) in [5, 5.41) is 13.6. The number of amides is 1. The standard InChI is InChI=1S/C14H17FN2O3/c1-14(7-3-2-4-8-14)16-13(18)10-5-6-11(15)12(9-10)17(19)20/h5-6,9H,2-4,7-8H2,1H3,(H,16,18). The molecular weight excluding hydrogens is 263 g/mol. The van der Waals surface area contributed by atoms with Crippen LogP contribution >= 0.6 is 0 Å². The minimum absolute atomic E-state index is 0.116. The Labute approximate surface area is 116 Å². The lowest BCUT2D eigenvalue weighted by atomic mass is 9.83. The van der Waals surface area contributed by atoms with Gasteiger partial charge >= 0.3 is 5.69 Å². The molecule has 1 aromatic carbocycles. The van der Waals surface area contributed by atoms with Crippen molar-refractivity contribution in [3.05, 3.63) is 39.7 Å². The molecule has 6 heteroatoms. The average molecular weight is 280 g/mol. The predicted octanol–water partition coefficient (Wildman–Crippen LogP) is 3.19. The first-order chi connectivity index (χ1) is 9.41. The number of nitro groups is 1. The molecular formula is C14H17FN2O3.